The van der Waals surface area contributed by atoms with Crippen molar-refractivity contribution in [3.05, 3.63) is 69.9 Å². The number of hydrogen-bond acceptors (Lipinski definition) is 3. The molecule has 27 heavy (non-hydrogen) atoms. The number of carbonyl (C=O) groups is 2. The second-order valence-electron chi connectivity index (χ2n) is 6.05. The highest BCUT2D eigenvalue weighted by atomic mass is 127. The Balaban J connectivity index is 1.97. The Labute approximate surface area is 171 Å². The van der Waals surface area contributed by atoms with E-state index in [0.29, 0.717) is 23.7 Å². The summed E-state index contributed by atoms with van der Waals surface area (Å²) in [6.45, 7) is 6.28. The smallest absolute Gasteiger partial charge is 0.319 e. The summed E-state index contributed by atoms with van der Waals surface area (Å²) in [7, 11) is 0. The summed E-state index contributed by atoms with van der Waals surface area (Å²) in [5.74, 6) is -0.319. The van der Waals surface area contributed by atoms with E-state index in [4.69, 9.17) is 4.74 Å². The molecular weight excluding hydrogens is 457 g/mol. The molecule has 3 amide bonds. The number of ether oxygens (including phenoxy) is 1. The van der Waals surface area contributed by atoms with Gasteiger partial charge in [-0.25, -0.2) is 4.79 Å². The van der Waals surface area contributed by atoms with Gasteiger partial charge >= 0.3 is 6.03 Å². The number of rotatable bonds is 5. The maximum atomic E-state index is 13.0. The lowest BCUT2D eigenvalue weighted by atomic mass is 9.87. The van der Waals surface area contributed by atoms with E-state index >= 15 is 0 Å². The highest BCUT2D eigenvalue weighted by molar-refractivity contribution is 14.1. The minimum Gasteiger partial charge on any atom is -0.494 e. The average Bonchev–Trinajstić information content (AvgIpc) is 2.63. The second kappa shape index (κ2) is 8.43. The van der Waals surface area contributed by atoms with E-state index < -0.39 is 18.0 Å². The van der Waals surface area contributed by atoms with E-state index in [1.165, 1.54) is 0 Å². The fourth-order valence-corrected chi connectivity index (χ4v) is 3.56. The molecule has 1 aliphatic heterocycles. The van der Waals surface area contributed by atoms with Gasteiger partial charge in [0.05, 0.1) is 12.6 Å². The zero-order valence-electron chi connectivity index (χ0n) is 14.8. The van der Waals surface area contributed by atoms with Crippen molar-refractivity contribution in [2.45, 2.75) is 13.0 Å². The first-order valence-corrected chi connectivity index (χ1v) is 9.62. The van der Waals surface area contributed by atoms with Crippen LogP contribution in [0.3, 0.4) is 0 Å². The monoisotopic (exact) mass is 477 g/mol. The van der Waals surface area contributed by atoms with Crippen molar-refractivity contribution < 1.29 is 14.3 Å². The van der Waals surface area contributed by atoms with Gasteiger partial charge in [-0.1, -0.05) is 24.8 Å². The molecule has 2 aromatic carbocycles. The fourth-order valence-electron chi connectivity index (χ4n) is 3.04. The van der Waals surface area contributed by atoms with Crippen LogP contribution in [-0.4, -0.2) is 18.5 Å². The van der Waals surface area contributed by atoms with Gasteiger partial charge in [0.15, 0.2) is 0 Å². The van der Waals surface area contributed by atoms with Gasteiger partial charge in [0, 0.05) is 20.5 Å². The van der Waals surface area contributed by atoms with Gasteiger partial charge in [-0.3, -0.25) is 4.79 Å². The first-order chi connectivity index (χ1) is 13.0. The Bertz CT molecular complexity index is 870. The molecule has 3 rings (SSSR count). The third-order valence-electron chi connectivity index (χ3n) is 4.20. The summed E-state index contributed by atoms with van der Waals surface area (Å²) < 4.78 is 6.70. The average molecular weight is 477 g/mol. The molecule has 0 saturated carbocycles. The van der Waals surface area contributed by atoms with Crippen molar-refractivity contribution in [2.24, 2.45) is 5.92 Å². The number of para-hydroxylation sites is 1. The summed E-state index contributed by atoms with van der Waals surface area (Å²) in [4.78, 5) is 25.1. The Hall–Kier alpha value is -2.55. The zero-order valence-corrected chi connectivity index (χ0v) is 16.9. The molecule has 2 atom stereocenters. The lowest BCUT2D eigenvalue weighted by Crippen LogP contribution is -2.52. The molecule has 0 aliphatic carbocycles. The van der Waals surface area contributed by atoms with Gasteiger partial charge in [-0.05, 0) is 59.8 Å². The molecule has 1 fully saturated rings. The zero-order chi connectivity index (χ0) is 19.4. The highest BCUT2D eigenvalue weighted by Crippen LogP contribution is 2.36. The van der Waals surface area contributed by atoms with Crippen molar-refractivity contribution in [3.8, 4) is 5.75 Å². The summed E-state index contributed by atoms with van der Waals surface area (Å²) in [5.41, 5.74) is 1.77. The van der Waals surface area contributed by atoms with E-state index in [1.54, 1.807) is 0 Å². The molecular formula is C20H20IN3O3. The molecule has 2 aromatic rings. The quantitative estimate of drug-likeness (QED) is 0.574. The van der Waals surface area contributed by atoms with Gasteiger partial charge in [0.25, 0.3) is 0 Å². The van der Waals surface area contributed by atoms with E-state index in [1.807, 2.05) is 55.5 Å². The number of halogens is 1. The largest absolute Gasteiger partial charge is 0.494 e. The standard InChI is InChI=1S/C20H20IN3O3/c1-3-27-16-10-9-13(21)11-15(16)18-17(12(2)22-20(26)24-18)19(25)23-14-7-5-4-6-8-14/h4-11,17-18H,2-3H2,1H3,(H,23,25)(H2,22,24,26)/t17-,18+/m0/s1. The molecule has 0 spiro atoms. The molecule has 140 valence electrons. The summed E-state index contributed by atoms with van der Waals surface area (Å²) >= 11 is 2.19. The predicted octanol–water partition coefficient (Wildman–Crippen LogP) is 3.81. The van der Waals surface area contributed by atoms with Gasteiger partial charge in [-0.15, -0.1) is 0 Å². The van der Waals surface area contributed by atoms with Crippen molar-refractivity contribution in [1.82, 2.24) is 10.6 Å². The molecule has 0 unspecified atom stereocenters. The van der Waals surface area contributed by atoms with Gasteiger partial charge in [0.2, 0.25) is 5.91 Å². The molecule has 1 aliphatic rings. The van der Waals surface area contributed by atoms with Crippen molar-refractivity contribution in [2.75, 3.05) is 11.9 Å². The fraction of sp³-hybridized carbons (Fsp3) is 0.200. The van der Waals surface area contributed by atoms with Crippen LogP contribution in [0.2, 0.25) is 0 Å². The van der Waals surface area contributed by atoms with Crippen LogP contribution in [0.25, 0.3) is 0 Å². The van der Waals surface area contributed by atoms with Gasteiger partial charge < -0.3 is 20.7 Å². The molecule has 3 N–H and O–H groups in total. The number of urea groups is 1. The molecule has 0 bridgehead atoms. The molecule has 6 nitrogen and oxygen atoms in total. The maximum absolute atomic E-state index is 13.0. The molecule has 0 aromatic heterocycles. The Kier molecular flexibility index (Phi) is 6.00. The predicted molar refractivity (Wildman–Crippen MR) is 112 cm³/mol. The molecule has 0 radical (unpaired) electrons. The summed E-state index contributed by atoms with van der Waals surface area (Å²) in [6, 6.07) is 13.9. The van der Waals surface area contributed by atoms with E-state index in [2.05, 4.69) is 45.1 Å². The van der Waals surface area contributed by atoms with Crippen molar-refractivity contribution in [1.29, 1.82) is 0 Å². The number of benzene rings is 2. The normalized spacial score (nSPS) is 19.0. The Morgan fingerprint density at radius 2 is 2.00 bits per heavy atom. The number of carbonyl (C=O) groups excluding carboxylic acids is 2. The topological polar surface area (TPSA) is 79.5 Å². The van der Waals surface area contributed by atoms with Crippen LogP contribution in [0.15, 0.2) is 60.8 Å². The second-order valence-corrected chi connectivity index (χ2v) is 7.30. The molecule has 1 heterocycles. The first-order valence-electron chi connectivity index (χ1n) is 8.54. The third kappa shape index (κ3) is 4.41. The number of hydrogen-bond donors (Lipinski definition) is 3. The number of anilines is 1. The van der Waals surface area contributed by atoms with Crippen LogP contribution in [0, 0.1) is 9.49 Å². The maximum Gasteiger partial charge on any atom is 0.319 e. The van der Waals surface area contributed by atoms with Crippen molar-refractivity contribution >= 4 is 40.2 Å². The van der Waals surface area contributed by atoms with Gasteiger partial charge in [-0.2, -0.15) is 0 Å². The SMILES string of the molecule is C=C1NC(=O)N[C@H](c2cc(I)ccc2OCC)[C@H]1C(=O)Nc1ccccc1. The number of nitrogens with one attached hydrogen (secondary N) is 3. The van der Waals surface area contributed by atoms with Crippen LogP contribution in [0.4, 0.5) is 10.5 Å². The van der Waals surface area contributed by atoms with E-state index in [9.17, 15) is 9.59 Å². The van der Waals surface area contributed by atoms with Crippen LogP contribution >= 0.6 is 22.6 Å². The minimum atomic E-state index is -0.694. The van der Waals surface area contributed by atoms with Crippen molar-refractivity contribution in [3.63, 3.8) is 0 Å². The Morgan fingerprint density at radius 1 is 1.26 bits per heavy atom. The van der Waals surface area contributed by atoms with Crippen LogP contribution in [0.5, 0.6) is 5.75 Å². The summed E-state index contributed by atoms with van der Waals surface area (Å²) in [6.07, 6.45) is 0. The van der Waals surface area contributed by atoms with Crippen LogP contribution < -0.4 is 20.7 Å². The Morgan fingerprint density at radius 3 is 2.70 bits per heavy atom. The first kappa shape index (κ1) is 19.2. The third-order valence-corrected chi connectivity index (χ3v) is 4.87. The van der Waals surface area contributed by atoms with E-state index in [0.717, 1.165) is 9.13 Å². The lowest BCUT2D eigenvalue weighted by molar-refractivity contribution is -0.119. The van der Waals surface area contributed by atoms with Crippen LogP contribution in [-0.2, 0) is 4.79 Å². The highest BCUT2D eigenvalue weighted by Gasteiger charge is 2.39. The summed E-state index contributed by atoms with van der Waals surface area (Å²) in [5, 5.41) is 8.35. The molecule has 1 saturated heterocycles. The molecule has 7 heteroatoms. The van der Waals surface area contributed by atoms with Crippen LogP contribution in [0.1, 0.15) is 18.5 Å². The van der Waals surface area contributed by atoms with E-state index in [-0.39, 0.29) is 5.91 Å². The lowest BCUT2D eigenvalue weighted by Gasteiger charge is -2.34. The number of amides is 3. The minimum absolute atomic E-state index is 0.259. The van der Waals surface area contributed by atoms with Gasteiger partial charge in [0.1, 0.15) is 11.7 Å².